The van der Waals surface area contributed by atoms with Crippen molar-refractivity contribution in [3.8, 4) is 5.75 Å². The van der Waals surface area contributed by atoms with Gasteiger partial charge in [0.1, 0.15) is 16.1 Å². The lowest BCUT2D eigenvalue weighted by Gasteiger charge is -2.01. The summed E-state index contributed by atoms with van der Waals surface area (Å²) in [7, 11) is 0. The summed E-state index contributed by atoms with van der Waals surface area (Å²) >= 11 is 3.19. The Labute approximate surface area is 112 Å². The second-order valence-electron chi connectivity index (χ2n) is 3.50. The molecule has 0 saturated heterocycles. The number of carbonyl (C=O) groups is 1. The molecular formula is C13H10BrNO3. The van der Waals surface area contributed by atoms with Gasteiger partial charge in [0, 0.05) is 12.3 Å². The summed E-state index contributed by atoms with van der Waals surface area (Å²) in [4.78, 5) is 15.5. The van der Waals surface area contributed by atoms with E-state index >= 15 is 0 Å². The lowest BCUT2D eigenvalue weighted by atomic mass is 10.4. The molecule has 0 amide bonds. The molecule has 0 atom stereocenters. The van der Waals surface area contributed by atoms with Crippen LogP contribution in [-0.2, 0) is 4.79 Å². The number of rotatable bonds is 3. The molecule has 92 valence electrons. The largest absolute Gasteiger partial charge is 0.462 e. The highest BCUT2D eigenvalue weighted by Crippen LogP contribution is 2.21. The molecule has 0 aliphatic heterocycles. The van der Waals surface area contributed by atoms with E-state index in [2.05, 4.69) is 20.9 Å². The Balaban J connectivity index is 2.01. The summed E-state index contributed by atoms with van der Waals surface area (Å²) < 4.78 is 10.9. The first-order valence-corrected chi connectivity index (χ1v) is 6.01. The Morgan fingerprint density at radius 2 is 2.28 bits per heavy atom. The average Bonchev–Trinajstić information content (AvgIpc) is 2.76. The summed E-state index contributed by atoms with van der Waals surface area (Å²) in [6.45, 7) is 1.84. The second kappa shape index (κ2) is 5.64. The number of halogens is 1. The number of hydrogen-bond donors (Lipinski definition) is 0. The van der Waals surface area contributed by atoms with Crippen LogP contribution in [0.2, 0.25) is 0 Å². The van der Waals surface area contributed by atoms with Crippen molar-refractivity contribution in [3.05, 3.63) is 52.7 Å². The van der Waals surface area contributed by atoms with Crippen molar-refractivity contribution < 1.29 is 13.9 Å². The van der Waals surface area contributed by atoms with E-state index < -0.39 is 5.97 Å². The second-order valence-corrected chi connectivity index (χ2v) is 4.25. The molecule has 0 saturated carbocycles. The van der Waals surface area contributed by atoms with E-state index in [-0.39, 0.29) is 0 Å². The third-order valence-corrected chi connectivity index (χ3v) is 2.68. The van der Waals surface area contributed by atoms with Crippen LogP contribution in [0.15, 0.2) is 45.6 Å². The number of pyridine rings is 1. The van der Waals surface area contributed by atoms with E-state index in [0.717, 1.165) is 5.76 Å². The Morgan fingerprint density at radius 1 is 1.44 bits per heavy atom. The highest BCUT2D eigenvalue weighted by Gasteiger charge is 2.05. The quantitative estimate of drug-likeness (QED) is 0.495. The third-order valence-electron chi connectivity index (χ3n) is 2.08. The predicted molar refractivity (Wildman–Crippen MR) is 70.1 cm³/mol. The molecule has 2 aromatic heterocycles. The SMILES string of the molecule is Cc1ccc(C=CC(=O)Oc2cccnc2Br)o1. The number of aryl methyl sites for hydroxylation is 1. The molecule has 0 aliphatic carbocycles. The zero-order valence-electron chi connectivity index (χ0n) is 9.59. The smallest absolute Gasteiger partial charge is 0.336 e. The highest BCUT2D eigenvalue weighted by molar-refractivity contribution is 9.10. The number of nitrogens with zero attached hydrogens (tertiary/aromatic N) is 1. The molecule has 0 fully saturated rings. The molecule has 5 heteroatoms. The average molecular weight is 308 g/mol. The van der Waals surface area contributed by atoms with Crippen LogP contribution in [-0.4, -0.2) is 11.0 Å². The van der Waals surface area contributed by atoms with Gasteiger partial charge in [0.2, 0.25) is 0 Å². The molecule has 0 aliphatic rings. The maximum Gasteiger partial charge on any atom is 0.336 e. The van der Waals surface area contributed by atoms with Gasteiger partial charge in [-0.15, -0.1) is 0 Å². The molecule has 0 aromatic carbocycles. The highest BCUT2D eigenvalue weighted by atomic mass is 79.9. The molecule has 18 heavy (non-hydrogen) atoms. The van der Waals surface area contributed by atoms with Crippen molar-refractivity contribution in [1.29, 1.82) is 0 Å². The molecule has 0 spiro atoms. The number of hydrogen-bond acceptors (Lipinski definition) is 4. The van der Waals surface area contributed by atoms with E-state index in [0.29, 0.717) is 16.1 Å². The third kappa shape index (κ3) is 3.30. The van der Waals surface area contributed by atoms with E-state index in [9.17, 15) is 4.79 Å². The van der Waals surface area contributed by atoms with Crippen LogP contribution in [0, 0.1) is 6.92 Å². The normalized spacial score (nSPS) is 10.8. The van der Waals surface area contributed by atoms with Gasteiger partial charge < -0.3 is 9.15 Å². The molecule has 4 nitrogen and oxygen atoms in total. The van der Waals surface area contributed by atoms with Crippen molar-refractivity contribution >= 4 is 28.0 Å². The number of furan rings is 1. The van der Waals surface area contributed by atoms with E-state index in [1.165, 1.54) is 6.08 Å². The standard InChI is InChI=1S/C13H10BrNO3/c1-9-4-5-10(17-9)6-7-12(16)18-11-3-2-8-15-13(11)14/h2-8H,1H3. The van der Waals surface area contributed by atoms with Crippen LogP contribution in [0.25, 0.3) is 6.08 Å². The minimum atomic E-state index is -0.488. The topological polar surface area (TPSA) is 52.3 Å². The first-order valence-electron chi connectivity index (χ1n) is 5.22. The first-order chi connectivity index (χ1) is 8.65. The van der Waals surface area contributed by atoms with Gasteiger partial charge in [0.15, 0.2) is 5.75 Å². The van der Waals surface area contributed by atoms with Crippen molar-refractivity contribution in [2.45, 2.75) is 6.92 Å². The van der Waals surface area contributed by atoms with Crippen LogP contribution in [0.3, 0.4) is 0 Å². The number of aromatic nitrogens is 1. The number of carbonyl (C=O) groups excluding carboxylic acids is 1. The fourth-order valence-corrected chi connectivity index (χ4v) is 1.61. The predicted octanol–water partition coefficient (Wildman–Crippen LogP) is 3.36. The lowest BCUT2D eigenvalue weighted by molar-refractivity contribution is -0.128. The number of ether oxygens (including phenoxy) is 1. The van der Waals surface area contributed by atoms with Gasteiger partial charge in [-0.05, 0) is 53.2 Å². The molecule has 0 N–H and O–H groups in total. The van der Waals surface area contributed by atoms with Gasteiger partial charge in [0.05, 0.1) is 0 Å². The van der Waals surface area contributed by atoms with Gasteiger partial charge in [-0.1, -0.05) is 0 Å². The van der Waals surface area contributed by atoms with E-state index in [1.54, 1.807) is 30.5 Å². The molecule has 2 rings (SSSR count). The Bertz CT molecular complexity index is 589. The van der Waals surface area contributed by atoms with E-state index in [1.807, 2.05) is 13.0 Å². The molecule has 0 radical (unpaired) electrons. The lowest BCUT2D eigenvalue weighted by Crippen LogP contribution is -2.04. The van der Waals surface area contributed by atoms with Crippen molar-refractivity contribution in [2.75, 3.05) is 0 Å². The molecule has 2 heterocycles. The summed E-state index contributed by atoms with van der Waals surface area (Å²) in [6.07, 6.45) is 4.46. The van der Waals surface area contributed by atoms with Crippen LogP contribution in [0.1, 0.15) is 11.5 Å². The van der Waals surface area contributed by atoms with Crippen LogP contribution >= 0.6 is 15.9 Å². The van der Waals surface area contributed by atoms with Crippen LogP contribution in [0.5, 0.6) is 5.75 Å². The zero-order chi connectivity index (χ0) is 13.0. The Hall–Kier alpha value is -1.88. The zero-order valence-corrected chi connectivity index (χ0v) is 11.2. The molecular weight excluding hydrogens is 298 g/mol. The van der Waals surface area contributed by atoms with Gasteiger partial charge in [-0.2, -0.15) is 0 Å². The molecule has 2 aromatic rings. The Morgan fingerprint density at radius 3 is 2.94 bits per heavy atom. The summed E-state index contributed by atoms with van der Waals surface area (Å²) in [5.41, 5.74) is 0. The fraction of sp³-hybridized carbons (Fsp3) is 0.0769. The minimum absolute atomic E-state index is 0.378. The monoisotopic (exact) mass is 307 g/mol. The van der Waals surface area contributed by atoms with Crippen molar-refractivity contribution in [3.63, 3.8) is 0 Å². The van der Waals surface area contributed by atoms with Crippen LogP contribution < -0.4 is 4.74 Å². The van der Waals surface area contributed by atoms with Crippen molar-refractivity contribution in [2.24, 2.45) is 0 Å². The number of esters is 1. The van der Waals surface area contributed by atoms with Crippen LogP contribution in [0.4, 0.5) is 0 Å². The molecule has 0 unspecified atom stereocenters. The minimum Gasteiger partial charge on any atom is -0.462 e. The Kier molecular flexibility index (Phi) is 3.94. The molecule has 0 bridgehead atoms. The fourth-order valence-electron chi connectivity index (χ4n) is 1.28. The summed E-state index contributed by atoms with van der Waals surface area (Å²) in [5, 5.41) is 0. The van der Waals surface area contributed by atoms with Gasteiger partial charge in [0.25, 0.3) is 0 Å². The first kappa shape index (κ1) is 12.6. The van der Waals surface area contributed by atoms with Crippen molar-refractivity contribution in [1.82, 2.24) is 4.98 Å². The van der Waals surface area contributed by atoms with Gasteiger partial charge in [-0.3, -0.25) is 0 Å². The maximum atomic E-state index is 11.5. The van der Waals surface area contributed by atoms with E-state index in [4.69, 9.17) is 9.15 Å². The maximum absolute atomic E-state index is 11.5. The van der Waals surface area contributed by atoms with Gasteiger partial charge >= 0.3 is 5.97 Å². The summed E-state index contributed by atoms with van der Waals surface area (Å²) in [5.74, 6) is 1.29. The van der Waals surface area contributed by atoms with Gasteiger partial charge in [-0.25, -0.2) is 9.78 Å². The summed E-state index contributed by atoms with van der Waals surface area (Å²) in [6, 6.07) is 6.94.